The molecule has 188 valence electrons. The molecule has 0 amide bonds. The SMILES string of the molecule is CC(C)(C)[P+](S(=O)O[B-](c1ccccc1)(c1ccccc1)c1ccccc1)(C(C)(C)C)C(C)(C)C. The van der Waals surface area contributed by atoms with Crippen LogP contribution in [0, 0.1) is 0 Å². The molecule has 0 spiro atoms. The molecule has 0 fully saturated rings. The van der Waals surface area contributed by atoms with Crippen LogP contribution in [0.5, 0.6) is 0 Å². The van der Waals surface area contributed by atoms with Gasteiger partial charge in [-0.15, -0.1) is 0 Å². The molecule has 0 aliphatic carbocycles. The van der Waals surface area contributed by atoms with E-state index in [2.05, 4.69) is 98.7 Å². The molecule has 5 heteroatoms. The van der Waals surface area contributed by atoms with Crippen molar-refractivity contribution in [3.63, 3.8) is 0 Å². The van der Waals surface area contributed by atoms with Crippen LogP contribution in [-0.4, -0.2) is 26.0 Å². The van der Waals surface area contributed by atoms with Crippen LogP contribution in [0.4, 0.5) is 0 Å². The molecule has 1 atom stereocenters. The summed E-state index contributed by atoms with van der Waals surface area (Å²) in [5.41, 5.74) is 3.11. The first-order chi connectivity index (χ1) is 16.2. The van der Waals surface area contributed by atoms with Crippen LogP contribution in [0.1, 0.15) is 62.3 Å². The van der Waals surface area contributed by atoms with E-state index in [1.807, 2.05) is 54.6 Å². The summed E-state index contributed by atoms with van der Waals surface area (Å²) < 4.78 is 22.3. The summed E-state index contributed by atoms with van der Waals surface area (Å²) in [6.07, 6.45) is -1.95. The lowest BCUT2D eigenvalue weighted by molar-refractivity contribution is 0.573. The summed E-state index contributed by atoms with van der Waals surface area (Å²) in [6, 6.07) is 31.0. The van der Waals surface area contributed by atoms with E-state index >= 15 is 4.21 Å². The first kappa shape index (κ1) is 27.8. The van der Waals surface area contributed by atoms with E-state index in [9.17, 15) is 0 Å². The quantitative estimate of drug-likeness (QED) is 0.275. The summed E-state index contributed by atoms with van der Waals surface area (Å²) in [6.45, 7) is 17.9. The first-order valence-corrected chi connectivity index (χ1v) is 16.0. The molecule has 3 rings (SSSR count). The van der Waals surface area contributed by atoms with Crippen molar-refractivity contribution in [3.05, 3.63) is 91.0 Å². The average Bonchev–Trinajstić information content (AvgIpc) is 2.76. The smallest absolute Gasteiger partial charge is 0.259 e. The second-order valence-corrected chi connectivity index (χ2v) is 20.9. The minimum Gasteiger partial charge on any atom is -0.464 e. The first-order valence-electron chi connectivity index (χ1n) is 12.5. The Labute approximate surface area is 216 Å². The van der Waals surface area contributed by atoms with Crippen LogP contribution in [0.3, 0.4) is 0 Å². The standard InChI is InChI=1S/C30H42BO2PS/c1-28(2,3)34(29(4,5)6,30(7,8)9)35(32)33-31(25-19-13-10-14-20-25,26-21-15-11-16-22-26)27-23-17-12-18-24-27/h10-24H,1-9H3. The van der Waals surface area contributed by atoms with Crippen molar-refractivity contribution in [3.8, 4) is 0 Å². The molecule has 0 saturated carbocycles. The zero-order valence-corrected chi connectivity index (χ0v) is 24.6. The summed E-state index contributed by atoms with van der Waals surface area (Å²) in [4.78, 5) is 0. The molecule has 2 nitrogen and oxygen atoms in total. The lowest BCUT2D eigenvalue weighted by Crippen LogP contribution is -2.70. The summed E-state index contributed by atoms with van der Waals surface area (Å²) >= 11 is 0. The van der Waals surface area contributed by atoms with Gasteiger partial charge in [0.1, 0.15) is 6.46 Å². The van der Waals surface area contributed by atoms with Gasteiger partial charge < -0.3 is 4.10 Å². The maximum Gasteiger partial charge on any atom is 0.259 e. The van der Waals surface area contributed by atoms with Crippen LogP contribution in [0.25, 0.3) is 0 Å². The van der Waals surface area contributed by atoms with E-state index in [0.29, 0.717) is 0 Å². The van der Waals surface area contributed by atoms with Crippen molar-refractivity contribution >= 4 is 39.9 Å². The predicted molar refractivity (Wildman–Crippen MR) is 159 cm³/mol. The van der Waals surface area contributed by atoms with E-state index < -0.39 is 23.5 Å². The molecule has 0 bridgehead atoms. The van der Waals surface area contributed by atoms with E-state index in [4.69, 9.17) is 4.10 Å². The van der Waals surface area contributed by atoms with E-state index in [0.717, 1.165) is 16.4 Å². The molecule has 0 aliphatic heterocycles. The topological polar surface area (TPSA) is 26.3 Å². The van der Waals surface area contributed by atoms with Crippen molar-refractivity contribution in [1.29, 1.82) is 0 Å². The van der Waals surface area contributed by atoms with Crippen LogP contribution in [-0.2, 0) is 14.8 Å². The maximum atomic E-state index is 15.1. The third-order valence-corrected chi connectivity index (χ3v) is 20.2. The Balaban J connectivity index is 2.41. The highest BCUT2D eigenvalue weighted by Gasteiger charge is 2.70. The van der Waals surface area contributed by atoms with Gasteiger partial charge in [-0.2, -0.15) is 20.6 Å². The van der Waals surface area contributed by atoms with E-state index in [1.165, 1.54) is 0 Å². The zero-order chi connectivity index (χ0) is 26.1. The zero-order valence-electron chi connectivity index (χ0n) is 22.9. The Kier molecular flexibility index (Phi) is 7.93. The van der Waals surface area contributed by atoms with Gasteiger partial charge in [-0.25, -0.2) is 0 Å². The van der Waals surface area contributed by atoms with Crippen molar-refractivity contribution < 1.29 is 8.31 Å². The molecule has 3 aromatic carbocycles. The highest BCUT2D eigenvalue weighted by Crippen LogP contribution is 2.85. The normalized spacial score (nSPS) is 14.5. The Hall–Kier alpha value is -1.74. The molecule has 0 aromatic heterocycles. The minimum absolute atomic E-state index is 0.194. The monoisotopic (exact) mass is 508 g/mol. The predicted octanol–water partition coefficient (Wildman–Crippen LogP) is 6.66. The Morgan fingerprint density at radius 3 is 1.03 bits per heavy atom. The molecule has 0 N–H and O–H groups in total. The van der Waals surface area contributed by atoms with Crippen molar-refractivity contribution in [2.45, 2.75) is 77.8 Å². The van der Waals surface area contributed by atoms with Crippen molar-refractivity contribution in [2.75, 3.05) is 0 Å². The fourth-order valence-electron chi connectivity index (χ4n) is 6.79. The molecular weight excluding hydrogens is 466 g/mol. The van der Waals surface area contributed by atoms with Crippen LogP contribution in [0.15, 0.2) is 91.0 Å². The van der Waals surface area contributed by atoms with Gasteiger partial charge >= 0.3 is 0 Å². The molecule has 0 saturated heterocycles. The Morgan fingerprint density at radius 1 is 0.543 bits per heavy atom. The summed E-state index contributed by atoms with van der Waals surface area (Å²) in [7, 11) is -1.56. The molecule has 0 radical (unpaired) electrons. The second-order valence-electron chi connectivity index (χ2n) is 12.5. The molecule has 3 aromatic rings. The third kappa shape index (κ3) is 4.82. The lowest BCUT2D eigenvalue weighted by Gasteiger charge is -2.54. The van der Waals surface area contributed by atoms with Crippen molar-refractivity contribution in [1.82, 2.24) is 0 Å². The maximum absolute atomic E-state index is 15.1. The van der Waals surface area contributed by atoms with Crippen LogP contribution in [0.2, 0.25) is 0 Å². The fraction of sp³-hybridized carbons (Fsp3) is 0.400. The lowest BCUT2D eigenvalue weighted by atomic mass is 9.29. The van der Waals surface area contributed by atoms with Gasteiger partial charge in [0.15, 0.2) is 0 Å². The van der Waals surface area contributed by atoms with Gasteiger partial charge in [0.2, 0.25) is 6.35 Å². The van der Waals surface area contributed by atoms with Crippen molar-refractivity contribution in [2.24, 2.45) is 0 Å². The van der Waals surface area contributed by atoms with E-state index in [-0.39, 0.29) is 15.5 Å². The summed E-state index contributed by atoms with van der Waals surface area (Å²) in [5.74, 6) is 0. The van der Waals surface area contributed by atoms with Crippen LogP contribution >= 0.6 is 6.46 Å². The van der Waals surface area contributed by atoms with Gasteiger partial charge in [-0.3, -0.25) is 0 Å². The minimum atomic E-state index is -2.33. The van der Waals surface area contributed by atoms with Gasteiger partial charge in [-0.05, 0) is 62.3 Å². The number of benzene rings is 3. The van der Waals surface area contributed by atoms with Gasteiger partial charge in [0.25, 0.3) is 10.7 Å². The fourth-order valence-corrected chi connectivity index (χ4v) is 19.7. The van der Waals surface area contributed by atoms with Gasteiger partial charge in [0.05, 0.1) is 15.5 Å². The largest absolute Gasteiger partial charge is 0.464 e. The average molecular weight is 509 g/mol. The number of hydrogen-bond donors (Lipinski definition) is 0. The molecular formula is C30H42BO2PS. The van der Waals surface area contributed by atoms with E-state index in [1.54, 1.807) is 0 Å². The highest BCUT2D eigenvalue weighted by atomic mass is 32.8. The molecule has 0 heterocycles. The van der Waals surface area contributed by atoms with Gasteiger partial charge in [0, 0.05) is 0 Å². The van der Waals surface area contributed by atoms with Gasteiger partial charge in [-0.1, -0.05) is 91.0 Å². The molecule has 0 aliphatic rings. The molecule has 35 heavy (non-hydrogen) atoms. The third-order valence-electron chi connectivity index (χ3n) is 7.09. The summed E-state index contributed by atoms with van der Waals surface area (Å²) in [5, 5.41) is -0.583. The second kappa shape index (κ2) is 9.96. The highest BCUT2D eigenvalue weighted by molar-refractivity contribution is 8.53. The molecule has 1 unspecified atom stereocenters. The Bertz CT molecular complexity index is 996. The van der Waals surface area contributed by atoms with Crippen LogP contribution < -0.4 is 16.4 Å². The number of rotatable bonds is 6. The number of hydrogen-bond acceptors (Lipinski definition) is 2. The Morgan fingerprint density at radius 2 is 0.800 bits per heavy atom.